The molecule has 0 amide bonds. The molecular formula is C24H44N+. The summed E-state index contributed by atoms with van der Waals surface area (Å²) < 4.78 is 2.30. The van der Waals surface area contributed by atoms with Crippen molar-refractivity contribution in [2.75, 3.05) is 0 Å². The van der Waals surface area contributed by atoms with E-state index in [1.54, 1.807) is 0 Å². The zero-order valence-corrected chi connectivity index (χ0v) is 17.1. The van der Waals surface area contributed by atoms with Gasteiger partial charge < -0.3 is 0 Å². The third-order valence-electron chi connectivity index (χ3n) is 5.30. The lowest BCUT2D eigenvalue weighted by Crippen LogP contribution is -2.32. The normalized spacial score (nSPS) is 11.1. The summed E-state index contributed by atoms with van der Waals surface area (Å²) in [4.78, 5) is 0. The fourth-order valence-corrected chi connectivity index (χ4v) is 3.60. The number of aryl methyl sites for hydroxylation is 1. The zero-order chi connectivity index (χ0) is 17.8. The van der Waals surface area contributed by atoms with Gasteiger partial charge in [0.25, 0.3) is 0 Å². The predicted octanol–water partition coefficient (Wildman–Crippen LogP) is 7.63. The quantitative estimate of drug-likeness (QED) is 0.190. The average molecular weight is 347 g/mol. The van der Waals surface area contributed by atoms with Crippen molar-refractivity contribution in [1.82, 2.24) is 0 Å². The van der Waals surface area contributed by atoms with Crippen LogP contribution >= 0.6 is 0 Å². The molecule has 1 heteroatoms. The van der Waals surface area contributed by atoms with Crippen molar-refractivity contribution in [3.63, 3.8) is 0 Å². The first kappa shape index (κ1) is 22.2. The topological polar surface area (TPSA) is 3.88 Å². The first-order chi connectivity index (χ1) is 12.4. The number of hydrogen-bond donors (Lipinski definition) is 0. The highest BCUT2D eigenvalue weighted by Crippen LogP contribution is 2.13. The number of rotatable bonds is 18. The Morgan fingerprint density at radius 3 is 1.20 bits per heavy atom. The SMILES string of the molecule is CCCCCCCCCCCCCCCCCCC[n+]1ccccc1. The van der Waals surface area contributed by atoms with Gasteiger partial charge in [-0.3, -0.25) is 0 Å². The highest BCUT2D eigenvalue weighted by atomic mass is 14.9. The van der Waals surface area contributed by atoms with E-state index in [2.05, 4.69) is 42.1 Å². The van der Waals surface area contributed by atoms with E-state index in [1.165, 1.54) is 116 Å². The van der Waals surface area contributed by atoms with Crippen LogP contribution in [-0.4, -0.2) is 0 Å². The Bertz CT molecular complexity index is 360. The molecule has 0 aliphatic carbocycles. The van der Waals surface area contributed by atoms with Crippen LogP contribution in [0.25, 0.3) is 0 Å². The lowest BCUT2D eigenvalue weighted by molar-refractivity contribution is -0.697. The molecule has 0 atom stereocenters. The van der Waals surface area contributed by atoms with Gasteiger partial charge in [0.05, 0.1) is 0 Å². The van der Waals surface area contributed by atoms with E-state index in [1.807, 2.05) is 0 Å². The van der Waals surface area contributed by atoms with Crippen molar-refractivity contribution < 1.29 is 4.57 Å². The maximum Gasteiger partial charge on any atom is 0.168 e. The van der Waals surface area contributed by atoms with Gasteiger partial charge in [-0.1, -0.05) is 109 Å². The third kappa shape index (κ3) is 15.1. The molecular weight excluding hydrogens is 302 g/mol. The maximum atomic E-state index is 2.30. The Morgan fingerprint density at radius 2 is 0.800 bits per heavy atom. The van der Waals surface area contributed by atoms with E-state index >= 15 is 0 Å². The van der Waals surface area contributed by atoms with E-state index in [0.717, 1.165) is 0 Å². The lowest BCUT2D eigenvalue weighted by atomic mass is 10.0. The van der Waals surface area contributed by atoms with Gasteiger partial charge in [0.2, 0.25) is 0 Å². The smallest absolute Gasteiger partial charge is 0.168 e. The number of hydrogen-bond acceptors (Lipinski definition) is 0. The van der Waals surface area contributed by atoms with Crippen molar-refractivity contribution in [1.29, 1.82) is 0 Å². The first-order valence-corrected chi connectivity index (χ1v) is 11.4. The minimum Gasteiger partial charge on any atom is -0.205 e. The standard InChI is InChI=1S/C24H44N/c1-2-3-4-5-6-7-8-9-10-11-12-13-14-15-16-17-19-22-25-23-20-18-21-24-25/h18,20-21,23-24H,2-17,19,22H2,1H3/q+1. The number of aromatic nitrogens is 1. The van der Waals surface area contributed by atoms with Gasteiger partial charge in [-0.25, -0.2) is 4.57 Å². The van der Waals surface area contributed by atoms with E-state index < -0.39 is 0 Å². The molecule has 0 fully saturated rings. The van der Waals surface area contributed by atoms with Crippen LogP contribution < -0.4 is 4.57 Å². The second-order valence-electron chi connectivity index (χ2n) is 7.77. The molecule has 1 nitrogen and oxygen atoms in total. The van der Waals surface area contributed by atoms with Gasteiger partial charge in [0, 0.05) is 18.6 Å². The molecule has 0 bridgehead atoms. The zero-order valence-electron chi connectivity index (χ0n) is 17.1. The van der Waals surface area contributed by atoms with Crippen molar-refractivity contribution in [3.8, 4) is 0 Å². The van der Waals surface area contributed by atoms with Crippen LogP contribution in [0.5, 0.6) is 0 Å². The fraction of sp³-hybridized carbons (Fsp3) is 0.792. The van der Waals surface area contributed by atoms with Gasteiger partial charge in [-0.15, -0.1) is 0 Å². The molecule has 1 aromatic rings. The molecule has 1 heterocycles. The monoisotopic (exact) mass is 346 g/mol. The molecule has 0 radical (unpaired) electrons. The Kier molecular flexibility index (Phi) is 15.9. The molecule has 0 aliphatic rings. The summed E-state index contributed by atoms with van der Waals surface area (Å²) in [6.07, 6.45) is 28.9. The third-order valence-corrected chi connectivity index (χ3v) is 5.30. The van der Waals surface area contributed by atoms with Crippen molar-refractivity contribution in [2.24, 2.45) is 0 Å². The summed E-state index contributed by atoms with van der Waals surface area (Å²) in [6.45, 7) is 3.48. The molecule has 1 aromatic heterocycles. The minimum absolute atomic E-state index is 1.18. The second kappa shape index (κ2) is 18.0. The molecule has 0 aromatic carbocycles. The van der Waals surface area contributed by atoms with Gasteiger partial charge >= 0.3 is 0 Å². The van der Waals surface area contributed by atoms with Crippen LogP contribution in [0.2, 0.25) is 0 Å². The summed E-state index contributed by atoms with van der Waals surface area (Å²) >= 11 is 0. The highest BCUT2D eigenvalue weighted by Gasteiger charge is 1.98. The van der Waals surface area contributed by atoms with E-state index in [-0.39, 0.29) is 0 Å². The van der Waals surface area contributed by atoms with Crippen LogP contribution in [0.1, 0.15) is 116 Å². The molecule has 0 unspecified atom stereocenters. The Morgan fingerprint density at radius 1 is 0.440 bits per heavy atom. The lowest BCUT2D eigenvalue weighted by Gasteiger charge is -2.03. The van der Waals surface area contributed by atoms with Gasteiger partial charge in [0.1, 0.15) is 6.54 Å². The number of nitrogens with zero attached hydrogens (tertiary/aromatic N) is 1. The second-order valence-corrected chi connectivity index (χ2v) is 7.77. The van der Waals surface area contributed by atoms with Gasteiger partial charge in [-0.2, -0.15) is 0 Å². The summed E-state index contributed by atoms with van der Waals surface area (Å²) in [5, 5.41) is 0. The molecule has 144 valence electrons. The summed E-state index contributed by atoms with van der Waals surface area (Å²) in [5.74, 6) is 0. The summed E-state index contributed by atoms with van der Waals surface area (Å²) in [5.41, 5.74) is 0. The van der Waals surface area contributed by atoms with Crippen LogP contribution in [0.15, 0.2) is 30.6 Å². The largest absolute Gasteiger partial charge is 0.205 e. The highest BCUT2D eigenvalue weighted by molar-refractivity contribution is 4.83. The van der Waals surface area contributed by atoms with E-state index in [0.29, 0.717) is 0 Å². The van der Waals surface area contributed by atoms with E-state index in [4.69, 9.17) is 0 Å². The van der Waals surface area contributed by atoms with Crippen LogP contribution in [0.4, 0.5) is 0 Å². The Hall–Kier alpha value is -0.850. The molecule has 0 spiro atoms. The molecule has 1 rings (SSSR count). The summed E-state index contributed by atoms with van der Waals surface area (Å²) in [7, 11) is 0. The van der Waals surface area contributed by atoms with Gasteiger partial charge in [-0.05, 0) is 6.42 Å². The van der Waals surface area contributed by atoms with Gasteiger partial charge in [0.15, 0.2) is 12.4 Å². The number of pyridine rings is 1. The molecule has 0 saturated carbocycles. The summed E-state index contributed by atoms with van der Waals surface area (Å²) in [6, 6.07) is 6.33. The Labute approximate surface area is 158 Å². The van der Waals surface area contributed by atoms with Crippen molar-refractivity contribution >= 4 is 0 Å². The molecule has 25 heavy (non-hydrogen) atoms. The van der Waals surface area contributed by atoms with E-state index in [9.17, 15) is 0 Å². The van der Waals surface area contributed by atoms with Crippen molar-refractivity contribution in [3.05, 3.63) is 30.6 Å². The van der Waals surface area contributed by atoms with Crippen LogP contribution in [-0.2, 0) is 6.54 Å². The molecule has 0 N–H and O–H groups in total. The molecule has 0 saturated heterocycles. The van der Waals surface area contributed by atoms with Crippen LogP contribution in [0.3, 0.4) is 0 Å². The molecule has 0 aliphatic heterocycles. The predicted molar refractivity (Wildman–Crippen MR) is 111 cm³/mol. The minimum atomic E-state index is 1.18. The maximum absolute atomic E-state index is 2.30. The Balaban J connectivity index is 1.69. The fourth-order valence-electron chi connectivity index (χ4n) is 3.60. The van der Waals surface area contributed by atoms with Crippen molar-refractivity contribution in [2.45, 2.75) is 123 Å². The first-order valence-electron chi connectivity index (χ1n) is 11.4. The van der Waals surface area contributed by atoms with Crippen LogP contribution in [0, 0.1) is 0 Å². The average Bonchev–Trinajstić information content (AvgIpc) is 2.65. The number of unbranched alkanes of at least 4 members (excludes halogenated alkanes) is 16.